The second-order valence-corrected chi connectivity index (χ2v) is 3.10. The Balaban J connectivity index is 3.38. The lowest BCUT2D eigenvalue weighted by Gasteiger charge is -2.12. The normalized spacial score (nSPS) is 12.5. The lowest BCUT2D eigenvalue weighted by Crippen LogP contribution is -2.41. The summed E-state index contributed by atoms with van der Waals surface area (Å²) in [5, 5.41) is 5.84. The molecule has 2 N–H and O–H groups in total. The molecule has 4 nitrogen and oxygen atoms in total. The van der Waals surface area contributed by atoms with Gasteiger partial charge in [-0.2, -0.15) is 0 Å². The van der Waals surface area contributed by atoms with E-state index >= 15 is 0 Å². The zero-order chi connectivity index (χ0) is 10.1. The molecule has 0 saturated carbocycles. The van der Waals surface area contributed by atoms with Crippen LogP contribution in [-0.4, -0.2) is 38.8 Å². The van der Waals surface area contributed by atoms with Crippen molar-refractivity contribution in [2.45, 2.75) is 26.3 Å². The van der Waals surface area contributed by atoms with Gasteiger partial charge in [0.05, 0.1) is 13.2 Å². The zero-order valence-electron chi connectivity index (χ0n) is 8.72. The fourth-order valence-electron chi connectivity index (χ4n) is 0.996. The number of hydrogen-bond donors (Lipinski definition) is 2. The predicted octanol–water partition coefficient (Wildman–Crippen LogP) is 0.137. The Morgan fingerprint density at radius 1 is 1.54 bits per heavy atom. The van der Waals surface area contributed by atoms with Crippen LogP contribution in [0.15, 0.2) is 0 Å². The number of methoxy groups -OCH3 is 1. The largest absolute Gasteiger partial charge is 0.383 e. The summed E-state index contributed by atoms with van der Waals surface area (Å²) in [7, 11) is 1.62. The van der Waals surface area contributed by atoms with Gasteiger partial charge in [-0.25, -0.2) is 0 Å². The molecule has 0 aliphatic heterocycles. The van der Waals surface area contributed by atoms with Crippen molar-refractivity contribution >= 4 is 5.91 Å². The van der Waals surface area contributed by atoms with Gasteiger partial charge in [-0.05, 0) is 19.9 Å². The topological polar surface area (TPSA) is 50.4 Å². The number of amides is 1. The van der Waals surface area contributed by atoms with Gasteiger partial charge in [-0.15, -0.1) is 0 Å². The van der Waals surface area contributed by atoms with Crippen molar-refractivity contribution in [1.29, 1.82) is 0 Å². The van der Waals surface area contributed by atoms with Crippen molar-refractivity contribution in [3.05, 3.63) is 0 Å². The van der Waals surface area contributed by atoms with E-state index in [0.29, 0.717) is 13.2 Å². The van der Waals surface area contributed by atoms with Crippen molar-refractivity contribution in [3.8, 4) is 0 Å². The molecule has 0 rings (SSSR count). The lowest BCUT2D eigenvalue weighted by molar-refractivity contribution is -0.121. The van der Waals surface area contributed by atoms with Crippen LogP contribution in [0.1, 0.15) is 20.3 Å². The number of carbonyl (C=O) groups is 1. The minimum Gasteiger partial charge on any atom is -0.383 e. The number of carbonyl (C=O) groups excluding carboxylic acids is 1. The zero-order valence-corrected chi connectivity index (χ0v) is 8.72. The van der Waals surface area contributed by atoms with Crippen LogP contribution in [0.4, 0.5) is 0 Å². The number of nitrogens with one attached hydrogen (secondary N) is 2. The van der Waals surface area contributed by atoms with Gasteiger partial charge < -0.3 is 15.4 Å². The van der Waals surface area contributed by atoms with Gasteiger partial charge in [0.2, 0.25) is 5.91 Å². The molecule has 1 amide bonds. The maximum absolute atomic E-state index is 11.2. The molecule has 78 valence electrons. The van der Waals surface area contributed by atoms with Crippen molar-refractivity contribution in [2.24, 2.45) is 0 Å². The summed E-state index contributed by atoms with van der Waals surface area (Å²) >= 11 is 0. The molecule has 1 atom stereocenters. The second kappa shape index (κ2) is 8.01. The first-order valence-corrected chi connectivity index (χ1v) is 4.69. The summed E-state index contributed by atoms with van der Waals surface area (Å²) in [5.74, 6) is 0.0259. The van der Waals surface area contributed by atoms with Crippen molar-refractivity contribution in [2.75, 3.05) is 26.8 Å². The van der Waals surface area contributed by atoms with E-state index in [1.54, 1.807) is 7.11 Å². The monoisotopic (exact) mass is 188 g/mol. The molecule has 0 aromatic rings. The molecule has 0 heterocycles. The van der Waals surface area contributed by atoms with Crippen LogP contribution >= 0.6 is 0 Å². The highest BCUT2D eigenvalue weighted by Gasteiger charge is 2.05. The van der Waals surface area contributed by atoms with Crippen LogP contribution in [0, 0.1) is 0 Å². The quantitative estimate of drug-likeness (QED) is 0.559. The van der Waals surface area contributed by atoms with Crippen LogP contribution in [0.25, 0.3) is 0 Å². The van der Waals surface area contributed by atoms with E-state index in [-0.39, 0.29) is 11.9 Å². The molecule has 13 heavy (non-hydrogen) atoms. The molecule has 0 fully saturated rings. The van der Waals surface area contributed by atoms with Gasteiger partial charge in [0, 0.05) is 13.2 Å². The summed E-state index contributed by atoms with van der Waals surface area (Å²) < 4.78 is 4.90. The average Bonchev–Trinajstić information content (AvgIpc) is 2.05. The maximum Gasteiger partial charge on any atom is 0.234 e. The Bertz CT molecular complexity index is 140. The molecule has 0 bridgehead atoms. The summed E-state index contributed by atoms with van der Waals surface area (Å²) in [5.41, 5.74) is 0. The third kappa shape index (κ3) is 7.74. The highest BCUT2D eigenvalue weighted by atomic mass is 16.5. The van der Waals surface area contributed by atoms with Gasteiger partial charge in [0.1, 0.15) is 0 Å². The number of ether oxygens (including phenoxy) is 1. The fourth-order valence-corrected chi connectivity index (χ4v) is 0.996. The minimum absolute atomic E-state index is 0.0259. The van der Waals surface area contributed by atoms with Crippen molar-refractivity contribution < 1.29 is 9.53 Å². The predicted molar refractivity (Wildman–Crippen MR) is 52.6 cm³/mol. The Labute approximate surface area is 80.0 Å². The van der Waals surface area contributed by atoms with Gasteiger partial charge >= 0.3 is 0 Å². The van der Waals surface area contributed by atoms with Gasteiger partial charge in [-0.1, -0.05) is 6.92 Å². The first-order valence-electron chi connectivity index (χ1n) is 4.69. The molecule has 1 unspecified atom stereocenters. The van der Waals surface area contributed by atoms with Gasteiger partial charge in [0.25, 0.3) is 0 Å². The standard InChI is InChI=1S/C9H20N2O2/c1-4-5-10-6-9(12)11-8(2)7-13-3/h8,10H,4-7H2,1-3H3,(H,11,12). The van der Waals surface area contributed by atoms with Crippen LogP contribution in [0.3, 0.4) is 0 Å². The molecular weight excluding hydrogens is 168 g/mol. The van der Waals surface area contributed by atoms with Gasteiger partial charge in [0.15, 0.2) is 0 Å². The van der Waals surface area contributed by atoms with E-state index in [1.807, 2.05) is 6.92 Å². The minimum atomic E-state index is 0.0259. The van der Waals surface area contributed by atoms with E-state index in [1.165, 1.54) is 0 Å². The second-order valence-electron chi connectivity index (χ2n) is 3.10. The lowest BCUT2D eigenvalue weighted by atomic mass is 10.3. The highest BCUT2D eigenvalue weighted by Crippen LogP contribution is 1.81. The molecule has 0 radical (unpaired) electrons. The molecule has 0 aliphatic rings. The van der Waals surface area contributed by atoms with Crippen molar-refractivity contribution in [3.63, 3.8) is 0 Å². The van der Waals surface area contributed by atoms with Crippen LogP contribution in [-0.2, 0) is 9.53 Å². The Kier molecular flexibility index (Phi) is 7.63. The van der Waals surface area contributed by atoms with Gasteiger partial charge in [-0.3, -0.25) is 4.79 Å². The first-order chi connectivity index (χ1) is 6.20. The van der Waals surface area contributed by atoms with Crippen molar-refractivity contribution in [1.82, 2.24) is 10.6 Å². The molecule has 0 aliphatic carbocycles. The number of rotatable bonds is 7. The average molecular weight is 188 g/mol. The van der Waals surface area contributed by atoms with Crippen LogP contribution in [0.5, 0.6) is 0 Å². The maximum atomic E-state index is 11.2. The highest BCUT2D eigenvalue weighted by molar-refractivity contribution is 5.78. The SMILES string of the molecule is CCCNCC(=O)NC(C)COC. The van der Waals surface area contributed by atoms with E-state index in [9.17, 15) is 4.79 Å². The summed E-state index contributed by atoms with van der Waals surface area (Å²) in [4.78, 5) is 11.2. The Morgan fingerprint density at radius 2 is 2.23 bits per heavy atom. The molecular formula is C9H20N2O2. The fraction of sp³-hybridized carbons (Fsp3) is 0.889. The summed E-state index contributed by atoms with van der Waals surface area (Å²) in [6.45, 7) is 5.81. The van der Waals surface area contributed by atoms with Crippen LogP contribution in [0.2, 0.25) is 0 Å². The number of hydrogen-bond acceptors (Lipinski definition) is 3. The molecule has 0 aromatic heterocycles. The smallest absolute Gasteiger partial charge is 0.234 e. The summed E-state index contributed by atoms with van der Waals surface area (Å²) in [6.07, 6.45) is 1.04. The van der Waals surface area contributed by atoms with E-state index in [2.05, 4.69) is 17.6 Å². The molecule has 0 aromatic carbocycles. The van der Waals surface area contributed by atoms with E-state index < -0.39 is 0 Å². The summed E-state index contributed by atoms with van der Waals surface area (Å²) in [6, 6.07) is 0.0842. The Morgan fingerprint density at radius 3 is 2.77 bits per heavy atom. The Hall–Kier alpha value is -0.610. The van der Waals surface area contributed by atoms with E-state index in [4.69, 9.17) is 4.74 Å². The first kappa shape index (κ1) is 12.4. The molecule has 4 heteroatoms. The van der Waals surface area contributed by atoms with Crippen LogP contribution < -0.4 is 10.6 Å². The molecule has 0 saturated heterocycles. The molecule has 0 spiro atoms. The third-order valence-electron chi connectivity index (χ3n) is 1.54. The van der Waals surface area contributed by atoms with E-state index in [0.717, 1.165) is 13.0 Å². The third-order valence-corrected chi connectivity index (χ3v) is 1.54.